The summed E-state index contributed by atoms with van der Waals surface area (Å²) in [5, 5.41) is 0. The van der Waals surface area contributed by atoms with Crippen LogP contribution in [0.15, 0.2) is 0 Å². The minimum absolute atomic E-state index is 0.107. The molecule has 0 atom stereocenters. The average molecular weight is 268 g/mol. The van der Waals surface area contributed by atoms with Crippen molar-refractivity contribution in [2.45, 2.75) is 25.7 Å². The Bertz CT molecular complexity index is 291. The number of thiocarbonyl (C=S) groups is 1. The smallest absolute Gasteiger partial charge is 0.211 e. The fourth-order valence-corrected chi connectivity index (χ4v) is 2.36. The third-order valence-corrected chi connectivity index (χ3v) is 3.61. The topological polar surface area (TPSA) is 81.4 Å². The molecule has 0 fully saturated rings. The third-order valence-electron chi connectivity index (χ3n) is 1.93. The monoisotopic (exact) mass is 268 g/mol. The molecule has 0 aliphatic heterocycles. The molecule has 5 nitrogen and oxygen atoms in total. The predicted molar refractivity (Wildman–Crippen MR) is 68.9 cm³/mol. The first kappa shape index (κ1) is 15.8. The summed E-state index contributed by atoms with van der Waals surface area (Å²) in [6.45, 7) is 0.903. The maximum atomic E-state index is 11.4. The van der Waals surface area contributed by atoms with Crippen molar-refractivity contribution in [3.05, 3.63) is 0 Å². The highest BCUT2D eigenvalue weighted by Gasteiger charge is 2.08. The molecule has 16 heavy (non-hydrogen) atoms. The van der Waals surface area contributed by atoms with Crippen LogP contribution in [0.5, 0.6) is 0 Å². The average Bonchev–Trinajstić information content (AvgIpc) is 2.16. The Morgan fingerprint density at radius 1 is 1.38 bits per heavy atom. The van der Waals surface area contributed by atoms with Crippen molar-refractivity contribution in [2.75, 3.05) is 26.0 Å². The zero-order chi connectivity index (χ0) is 12.4. The Morgan fingerprint density at radius 3 is 2.62 bits per heavy atom. The molecule has 0 aromatic heterocycles. The molecule has 0 unspecified atom stereocenters. The Labute approximate surface area is 103 Å². The molecule has 0 aromatic carbocycles. The molecule has 0 aliphatic rings. The van der Waals surface area contributed by atoms with Gasteiger partial charge in [0.2, 0.25) is 10.0 Å². The van der Waals surface area contributed by atoms with E-state index in [9.17, 15) is 8.42 Å². The van der Waals surface area contributed by atoms with Crippen molar-refractivity contribution in [1.29, 1.82) is 0 Å². The fourth-order valence-electron chi connectivity index (χ4n) is 1.12. The van der Waals surface area contributed by atoms with Gasteiger partial charge in [0.25, 0.3) is 0 Å². The van der Waals surface area contributed by atoms with Crippen molar-refractivity contribution < 1.29 is 13.2 Å². The molecule has 0 amide bonds. The number of nitrogens with one attached hydrogen (secondary N) is 1. The lowest BCUT2D eigenvalue weighted by Crippen LogP contribution is -2.28. The van der Waals surface area contributed by atoms with E-state index in [4.69, 9.17) is 22.7 Å². The normalized spacial score (nSPS) is 11.6. The summed E-state index contributed by atoms with van der Waals surface area (Å²) in [5.41, 5.74) is 5.32. The van der Waals surface area contributed by atoms with Crippen molar-refractivity contribution in [2.24, 2.45) is 5.73 Å². The molecule has 0 saturated carbocycles. The van der Waals surface area contributed by atoms with E-state index in [1.807, 2.05) is 0 Å². The molecule has 0 aromatic rings. The molecule has 0 aliphatic carbocycles. The van der Waals surface area contributed by atoms with E-state index in [0.29, 0.717) is 31.0 Å². The molecule has 0 spiro atoms. The summed E-state index contributed by atoms with van der Waals surface area (Å²) in [5.74, 6) is 0.107. The lowest BCUT2D eigenvalue weighted by Gasteiger charge is -2.06. The molecule has 3 N–H and O–H groups in total. The van der Waals surface area contributed by atoms with Crippen LogP contribution in [-0.2, 0) is 14.8 Å². The first-order chi connectivity index (χ1) is 7.48. The van der Waals surface area contributed by atoms with Gasteiger partial charge in [-0.25, -0.2) is 13.1 Å². The molecular weight excluding hydrogens is 248 g/mol. The first-order valence-electron chi connectivity index (χ1n) is 5.22. The standard InChI is InChI=1S/C9H20N2O3S2/c1-14-7-4-8-16(12,13)11-6-3-2-5-9(10)15/h11H,2-8H2,1H3,(H2,10,15). The maximum Gasteiger partial charge on any atom is 0.211 e. The number of unbranched alkanes of at least 4 members (excludes halogenated alkanes) is 1. The van der Waals surface area contributed by atoms with Crippen molar-refractivity contribution in [3.63, 3.8) is 0 Å². The minimum Gasteiger partial charge on any atom is -0.393 e. The van der Waals surface area contributed by atoms with Crippen LogP contribution >= 0.6 is 12.2 Å². The van der Waals surface area contributed by atoms with Gasteiger partial charge in [-0.2, -0.15) is 0 Å². The number of hydrogen-bond acceptors (Lipinski definition) is 4. The van der Waals surface area contributed by atoms with E-state index in [1.165, 1.54) is 0 Å². The zero-order valence-corrected chi connectivity index (χ0v) is 11.2. The highest BCUT2D eigenvalue weighted by Crippen LogP contribution is 1.96. The van der Waals surface area contributed by atoms with E-state index in [-0.39, 0.29) is 5.75 Å². The summed E-state index contributed by atoms with van der Waals surface area (Å²) < 4.78 is 30.1. The molecule has 0 bridgehead atoms. The highest BCUT2D eigenvalue weighted by atomic mass is 32.2. The number of methoxy groups -OCH3 is 1. The number of sulfonamides is 1. The summed E-state index contributed by atoms with van der Waals surface area (Å²) in [6.07, 6.45) is 2.75. The van der Waals surface area contributed by atoms with Crippen molar-refractivity contribution in [1.82, 2.24) is 4.72 Å². The molecule has 0 saturated heterocycles. The third kappa shape index (κ3) is 10.3. The predicted octanol–water partition coefficient (Wildman–Crippen LogP) is 0.399. The SMILES string of the molecule is COCCCS(=O)(=O)NCCCCC(N)=S. The Balaban J connectivity index is 3.54. The molecule has 7 heteroatoms. The second-order valence-electron chi connectivity index (χ2n) is 3.48. The van der Waals surface area contributed by atoms with Gasteiger partial charge >= 0.3 is 0 Å². The number of hydrogen-bond donors (Lipinski definition) is 2. The lowest BCUT2D eigenvalue weighted by molar-refractivity contribution is 0.199. The zero-order valence-electron chi connectivity index (χ0n) is 9.57. The van der Waals surface area contributed by atoms with Gasteiger partial charge < -0.3 is 10.5 Å². The highest BCUT2D eigenvalue weighted by molar-refractivity contribution is 7.89. The van der Waals surface area contributed by atoms with E-state index in [1.54, 1.807) is 7.11 Å². The van der Waals surface area contributed by atoms with Crippen LogP contribution in [0, 0.1) is 0 Å². The van der Waals surface area contributed by atoms with Crippen LogP contribution < -0.4 is 10.5 Å². The van der Waals surface area contributed by atoms with E-state index in [2.05, 4.69) is 4.72 Å². The number of ether oxygens (including phenoxy) is 1. The molecule has 0 heterocycles. The van der Waals surface area contributed by atoms with Gasteiger partial charge in [0.1, 0.15) is 0 Å². The van der Waals surface area contributed by atoms with E-state index in [0.717, 1.165) is 12.8 Å². The van der Waals surface area contributed by atoms with E-state index < -0.39 is 10.0 Å². The van der Waals surface area contributed by atoms with Gasteiger partial charge in [-0.1, -0.05) is 12.2 Å². The first-order valence-corrected chi connectivity index (χ1v) is 7.28. The quantitative estimate of drug-likeness (QED) is 0.443. The number of nitrogens with two attached hydrogens (primary N) is 1. The van der Waals surface area contributed by atoms with Gasteiger partial charge in [-0.15, -0.1) is 0 Å². The molecular formula is C9H20N2O3S2. The molecule has 96 valence electrons. The fraction of sp³-hybridized carbons (Fsp3) is 0.889. The lowest BCUT2D eigenvalue weighted by atomic mass is 10.2. The maximum absolute atomic E-state index is 11.4. The van der Waals surface area contributed by atoms with Gasteiger partial charge in [0, 0.05) is 20.3 Å². The van der Waals surface area contributed by atoms with Gasteiger partial charge in [0.15, 0.2) is 0 Å². The largest absolute Gasteiger partial charge is 0.393 e. The Hall–Kier alpha value is -0.240. The van der Waals surface area contributed by atoms with Gasteiger partial charge in [-0.05, 0) is 25.7 Å². The second-order valence-corrected chi connectivity index (χ2v) is 5.93. The van der Waals surface area contributed by atoms with Crippen molar-refractivity contribution >= 4 is 27.2 Å². The van der Waals surface area contributed by atoms with Gasteiger partial charge in [0.05, 0.1) is 10.7 Å². The van der Waals surface area contributed by atoms with Crippen LogP contribution in [0.3, 0.4) is 0 Å². The van der Waals surface area contributed by atoms with Crippen LogP contribution in [-0.4, -0.2) is 39.4 Å². The van der Waals surface area contributed by atoms with E-state index >= 15 is 0 Å². The summed E-state index contributed by atoms with van der Waals surface area (Å²) in [6, 6.07) is 0. The summed E-state index contributed by atoms with van der Waals surface area (Å²) in [4.78, 5) is 0.475. The van der Waals surface area contributed by atoms with Crippen molar-refractivity contribution in [3.8, 4) is 0 Å². The summed E-state index contributed by atoms with van der Waals surface area (Å²) in [7, 11) is -1.60. The number of rotatable bonds is 10. The minimum atomic E-state index is -3.15. The Morgan fingerprint density at radius 2 is 2.06 bits per heavy atom. The van der Waals surface area contributed by atoms with Crippen LogP contribution in [0.2, 0.25) is 0 Å². The van der Waals surface area contributed by atoms with Crippen LogP contribution in [0.4, 0.5) is 0 Å². The second kappa shape index (κ2) is 8.86. The molecule has 0 rings (SSSR count). The van der Waals surface area contributed by atoms with Crippen LogP contribution in [0.1, 0.15) is 25.7 Å². The van der Waals surface area contributed by atoms with Gasteiger partial charge in [-0.3, -0.25) is 0 Å². The van der Waals surface area contributed by atoms with Crippen LogP contribution in [0.25, 0.3) is 0 Å². The Kier molecular flexibility index (Phi) is 8.73. The summed E-state index contributed by atoms with van der Waals surface area (Å²) >= 11 is 4.71. The molecule has 0 radical (unpaired) electrons.